The molecule has 0 bridgehead atoms. The second-order valence-corrected chi connectivity index (χ2v) is 9.62. The normalized spacial score (nSPS) is 21.9. The first-order valence-corrected chi connectivity index (χ1v) is 12.8. The van der Waals surface area contributed by atoms with Crippen molar-refractivity contribution in [2.24, 2.45) is 11.1 Å². The van der Waals surface area contributed by atoms with Crippen LogP contribution in [-0.2, 0) is 4.84 Å². The van der Waals surface area contributed by atoms with Gasteiger partial charge in [0, 0.05) is 30.7 Å². The number of aromatic nitrogens is 5. The van der Waals surface area contributed by atoms with E-state index in [9.17, 15) is 0 Å². The summed E-state index contributed by atoms with van der Waals surface area (Å²) in [6.07, 6.45) is 7.71. The van der Waals surface area contributed by atoms with Crippen LogP contribution in [0.3, 0.4) is 0 Å². The van der Waals surface area contributed by atoms with Crippen molar-refractivity contribution in [3.05, 3.63) is 36.4 Å². The average Bonchev–Trinajstić information content (AvgIpc) is 3.65. The van der Waals surface area contributed by atoms with Gasteiger partial charge in [-0.3, -0.25) is 0 Å². The van der Waals surface area contributed by atoms with Crippen LogP contribution in [-0.4, -0.2) is 50.8 Å². The van der Waals surface area contributed by atoms with Crippen molar-refractivity contribution in [1.82, 2.24) is 29.9 Å². The Bertz CT molecular complexity index is 1420. The molecule has 2 aliphatic rings. The van der Waals surface area contributed by atoms with Crippen LogP contribution in [0.5, 0.6) is 5.75 Å². The summed E-state index contributed by atoms with van der Waals surface area (Å²) in [7, 11) is 3.56. The van der Waals surface area contributed by atoms with E-state index in [0.717, 1.165) is 89.6 Å². The van der Waals surface area contributed by atoms with Crippen molar-refractivity contribution in [2.75, 3.05) is 19.5 Å². The molecule has 1 saturated carbocycles. The fourth-order valence-electron chi connectivity index (χ4n) is 5.59. The third-order valence-electron chi connectivity index (χ3n) is 7.42. The van der Waals surface area contributed by atoms with E-state index in [0.29, 0.717) is 11.8 Å². The van der Waals surface area contributed by atoms with Gasteiger partial charge >= 0.3 is 0 Å². The van der Waals surface area contributed by atoms with E-state index in [1.165, 1.54) is 0 Å². The Morgan fingerprint density at radius 3 is 2.86 bits per heavy atom. The van der Waals surface area contributed by atoms with Gasteiger partial charge in [-0.2, -0.15) is 5.10 Å². The van der Waals surface area contributed by atoms with Crippen molar-refractivity contribution >= 4 is 28.1 Å². The molecule has 0 amide bonds. The minimum Gasteiger partial charge on any atom is -0.495 e. The highest BCUT2D eigenvalue weighted by Crippen LogP contribution is 2.40. The number of amidine groups is 1. The van der Waals surface area contributed by atoms with Crippen LogP contribution in [0.2, 0.25) is 0 Å². The Morgan fingerprint density at radius 1 is 1.22 bits per heavy atom. The van der Waals surface area contributed by atoms with E-state index >= 15 is 0 Å². The molecule has 36 heavy (non-hydrogen) atoms. The van der Waals surface area contributed by atoms with E-state index in [-0.39, 0.29) is 6.23 Å². The number of anilines is 1. The lowest BCUT2D eigenvalue weighted by molar-refractivity contribution is 0.0121. The summed E-state index contributed by atoms with van der Waals surface area (Å²) in [5, 5.41) is 16.6. The van der Waals surface area contributed by atoms with Gasteiger partial charge < -0.3 is 25.2 Å². The topological polar surface area (TPSA) is 114 Å². The number of aromatic amines is 1. The molecule has 0 spiro atoms. The average molecular weight is 489 g/mol. The van der Waals surface area contributed by atoms with Crippen LogP contribution in [0.4, 0.5) is 5.82 Å². The highest BCUT2D eigenvalue weighted by Gasteiger charge is 2.35. The van der Waals surface area contributed by atoms with Crippen LogP contribution >= 0.6 is 0 Å². The Labute approximate surface area is 209 Å². The maximum atomic E-state index is 5.72. The second-order valence-electron chi connectivity index (χ2n) is 9.62. The molecule has 1 aliphatic carbocycles. The van der Waals surface area contributed by atoms with Gasteiger partial charge in [-0.15, -0.1) is 0 Å². The molecule has 10 heteroatoms. The van der Waals surface area contributed by atoms with Crippen molar-refractivity contribution in [2.45, 2.75) is 57.6 Å². The molecule has 6 rings (SSSR count). The van der Waals surface area contributed by atoms with Crippen molar-refractivity contribution in [3.63, 3.8) is 0 Å². The number of ether oxygens (including phenoxy) is 1. The number of rotatable bonds is 7. The number of oxime groups is 1. The summed E-state index contributed by atoms with van der Waals surface area (Å²) in [6, 6.07) is 8.14. The first kappa shape index (κ1) is 22.6. The van der Waals surface area contributed by atoms with Crippen molar-refractivity contribution in [3.8, 4) is 17.1 Å². The van der Waals surface area contributed by atoms with Crippen LogP contribution in [0.1, 0.15) is 57.2 Å². The summed E-state index contributed by atoms with van der Waals surface area (Å²) in [4.78, 5) is 18.9. The molecule has 0 saturated heterocycles. The minimum absolute atomic E-state index is 0.0142. The van der Waals surface area contributed by atoms with Crippen LogP contribution < -0.4 is 15.4 Å². The largest absolute Gasteiger partial charge is 0.495 e. The molecule has 4 heterocycles. The number of H-pyrrole nitrogens is 1. The fourth-order valence-corrected chi connectivity index (χ4v) is 5.59. The predicted molar refractivity (Wildman–Crippen MR) is 139 cm³/mol. The molecule has 3 aromatic heterocycles. The number of fused-ring (bicyclic) bond motifs is 2. The quantitative estimate of drug-likeness (QED) is 0.347. The monoisotopic (exact) mass is 488 g/mol. The standard InChI is InChI=1S/C26H32N8O2/c1-4-6-20-31-26(36-33-20)16-11-9-15(10-12-16)25-32-22(23-24(27-2)28-14-29-34(23)25)18-13-17-7-5-8-19(35-3)21(17)30-18/h5,7-8,13-16,26,30H,4,6,9-12H2,1-3H3,(H,31,33)(H,27,28,29)/t15-,16-,26?. The summed E-state index contributed by atoms with van der Waals surface area (Å²) >= 11 is 0. The fraction of sp³-hybridized carbons (Fsp3) is 0.462. The van der Waals surface area contributed by atoms with Crippen LogP contribution in [0.25, 0.3) is 27.8 Å². The molecule has 3 N–H and O–H groups in total. The van der Waals surface area contributed by atoms with Gasteiger partial charge in [-0.25, -0.2) is 14.5 Å². The molecular weight excluding hydrogens is 456 g/mol. The Hall–Kier alpha value is -3.82. The van der Waals surface area contributed by atoms with Crippen molar-refractivity contribution in [1.29, 1.82) is 0 Å². The number of benzene rings is 1. The maximum absolute atomic E-state index is 5.72. The molecule has 1 fully saturated rings. The summed E-state index contributed by atoms with van der Waals surface area (Å²) in [5.41, 5.74) is 3.59. The number of methoxy groups -OCH3 is 1. The molecule has 1 aromatic carbocycles. The first-order chi connectivity index (χ1) is 17.7. The second kappa shape index (κ2) is 9.33. The molecule has 0 radical (unpaired) electrons. The first-order valence-electron chi connectivity index (χ1n) is 12.8. The lowest BCUT2D eigenvalue weighted by Gasteiger charge is -2.30. The number of para-hydroxylation sites is 1. The summed E-state index contributed by atoms with van der Waals surface area (Å²) in [6.45, 7) is 2.15. The van der Waals surface area contributed by atoms with E-state index in [2.05, 4.69) is 49.9 Å². The molecule has 1 atom stereocenters. The highest BCUT2D eigenvalue weighted by atomic mass is 16.7. The molecule has 4 aromatic rings. The van der Waals surface area contributed by atoms with E-state index in [1.54, 1.807) is 13.4 Å². The molecular formula is C26H32N8O2. The zero-order valence-corrected chi connectivity index (χ0v) is 20.9. The molecule has 10 nitrogen and oxygen atoms in total. The van der Waals surface area contributed by atoms with Gasteiger partial charge in [-0.1, -0.05) is 24.2 Å². The molecule has 188 valence electrons. The lowest BCUT2D eigenvalue weighted by atomic mass is 9.80. The summed E-state index contributed by atoms with van der Waals surface area (Å²) < 4.78 is 7.53. The number of nitrogens with one attached hydrogen (secondary N) is 3. The maximum Gasteiger partial charge on any atom is 0.201 e. The van der Waals surface area contributed by atoms with Crippen LogP contribution in [0.15, 0.2) is 35.7 Å². The third kappa shape index (κ3) is 3.81. The third-order valence-corrected chi connectivity index (χ3v) is 7.42. The highest BCUT2D eigenvalue weighted by molar-refractivity contribution is 5.94. The Kier molecular flexibility index (Phi) is 5.86. The smallest absolute Gasteiger partial charge is 0.201 e. The van der Waals surface area contributed by atoms with Crippen LogP contribution in [0, 0.1) is 5.92 Å². The van der Waals surface area contributed by atoms with Gasteiger partial charge in [0.25, 0.3) is 0 Å². The van der Waals surface area contributed by atoms with Crippen molar-refractivity contribution < 1.29 is 9.57 Å². The number of imidazole rings is 1. The number of hydrogen-bond donors (Lipinski definition) is 3. The minimum atomic E-state index is -0.0142. The van der Waals surface area contributed by atoms with Gasteiger partial charge in [0.2, 0.25) is 6.23 Å². The molecule has 1 aliphatic heterocycles. The Morgan fingerprint density at radius 2 is 2.08 bits per heavy atom. The van der Waals surface area contributed by atoms with E-state index in [1.807, 2.05) is 23.7 Å². The SMILES string of the molecule is CCCC1=NOC([C@H]2CC[C@H](c3nc(-c4cc5cccc(OC)c5[nH]4)c4c(NC)ncnn43)CC2)N1. The van der Waals surface area contributed by atoms with E-state index in [4.69, 9.17) is 14.6 Å². The van der Waals surface area contributed by atoms with E-state index < -0.39 is 0 Å². The van der Waals surface area contributed by atoms with Gasteiger partial charge in [0.15, 0.2) is 5.82 Å². The number of nitrogens with zero attached hydrogens (tertiary/aromatic N) is 5. The molecule has 1 unspecified atom stereocenters. The van der Waals surface area contributed by atoms with Gasteiger partial charge in [0.1, 0.15) is 34.9 Å². The number of hydrogen-bond acceptors (Lipinski definition) is 8. The zero-order chi connectivity index (χ0) is 24.6. The predicted octanol–water partition coefficient (Wildman–Crippen LogP) is 4.66. The Balaban J connectivity index is 1.32. The zero-order valence-electron chi connectivity index (χ0n) is 20.9. The van der Waals surface area contributed by atoms with Gasteiger partial charge in [0.05, 0.1) is 18.3 Å². The lowest BCUT2D eigenvalue weighted by Crippen LogP contribution is -2.37. The van der Waals surface area contributed by atoms with Gasteiger partial charge in [-0.05, 0) is 44.2 Å². The summed E-state index contributed by atoms with van der Waals surface area (Å²) in [5.74, 6) is 4.25.